The summed E-state index contributed by atoms with van der Waals surface area (Å²) in [5.41, 5.74) is 2.75. The molecule has 0 aliphatic carbocycles. The molecule has 0 atom stereocenters. The van der Waals surface area contributed by atoms with Crippen molar-refractivity contribution < 1.29 is 4.74 Å². The molecule has 1 heterocycles. The normalized spacial score (nSPS) is 10.8. The van der Waals surface area contributed by atoms with Crippen LogP contribution in [-0.2, 0) is 0 Å². The van der Waals surface area contributed by atoms with Crippen LogP contribution in [0.2, 0.25) is 5.02 Å². The number of hydrogen-bond acceptors (Lipinski definition) is 2. The predicted molar refractivity (Wildman–Crippen MR) is 86.4 cm³/mol. The Kier molecular flexibility index (Phi) is 3.64. The van der Waals surface area contributed by atoms with Gasteiger partial charge in [0.15, 0.2) is 0 Å². The summed E-state index contributed by atoms with van der Waals surface area (Å²) in [5, 5.41) is 1.57. The molecule has 0 amide bonds. The second kappa shape index (κ2) is 5.43. The van der Waals surface area contributed by atoms with Gasteiger partial charge in [0.1, 0.15) is 11.3 Å². The average molecular weight is 349 g/mol. The Morgan fingerprint density at radius 1 is 1.10 bits per heavy atom. The molecule has 4 heteroatoms. The fourth-order valence-corrected chi connectivity index (χ4v) is 2.86. The van der Waals surface area contributed by atoms with Crippen LogP contribution in [0, 0.1) is 0 Å². The van der Waals surface area contributed by atoms with E-state index in [0.717, 1.165) is 26.6 Å². The molecule has 100 valence electrons. The van der Waals surface area contributed by atoms with Crippen molar-refractivity contribution in [2.75, 3.05) is 7.11 Å². The van der Waals surface area contributed by atoms with Crippen LogP contribution in [0.5, 0.6) is 5.75 Å². The molecule has 0 saturated carbocycles. The zero-order chi connectivity index (χ0) is 14.1. The minimum Gasteiger partial charge on any atom is -0.494 e. The molecule has 0 aliphatic rings. The number of pyridine rings is 1. The highest BCUT2D eigenvalue weighted by Crippen LogP contribution is 2.35. The van der Waals surface area contributed by atoms with Gasteiger partial charge in [-0.2, -0.15) is 0 Å². The lowest BCUT2D eigenvalue weighted by atomic mass is 10.1. The quantitative estimate of drug-likeness (QED) is 0.625. The third-order valence-electron chi connectivity index (χ3n) is 3.08. The molecule has 0 fully saturated rings. The minimum absolute atomic E-state index is 0.629. The smallest absolute Gasteiger partial charge is 0.146 e. The van der Waals surface area contributed by atoms with Crippen molar-refractivity contribution in [2.45, 2.75) is 0 Å². The maximum atomic E-state index is 6.10. The van der Waals surface area contributed by atoms with E-state index >= 15 is 0 Å². The van der Waals surface area contributed by atoms with Crippen LogP contribution in [0.4, 0.5) is 0 Å². The van der Waals surface area contributed by atoms with Gasteiger partial charge in [0.2, 0.25) is 0 Å². The summed E-state index contributed by atoms with van der Waals surface area (Å²) in [6.45, 7) is 0. The van der Waals surface area contributed by atoms with Gasteiger partial charge < -0.3 is 4.74 Å². The summed E-state index contributed by atoms with van der Waals surface area (Å²) in [4.78, 5) is 4.70. The van der Waals surface area contributed by atoms with E-state index in [4.69, 9.17) is 21.3 Å². The Morgan fingerprint density at radius 2 is 1.85 bits per heavy atom. The van der Waals surface area contributed by atoms with Crippen LogP contribution in [0.1, 0.15) is 0 Å². The Morgan fingerprint density at radius 3 is 2.55 bits per heavy atom. The third kappa shape index (κ3) is 2.39. The highest BCUT2D eigenvalue weighted by molar-refractivity contribution is 9.10. The molecule has 0 unspecified atom stereocenters. The molecule has 3 aromatic rings. The van der Waals surface area contributed by atoms with Crippen molar-refractivity contribution in [3.8, 4) is 17.0 Å². The SMILES string of the molecule is COc1cc(Cl)cc2c(Br)cc(-c3ccccc3)nc12. The third-order valence-corrected chi connectivity index (χ3v) is 3.96. The largest absolute Gasteiger partial charge is 0.494 e. The Balaban J connectivity index is 2.31. The monoisotopic (exact) mass is 347 g/mol. The average Bonchev–Trinajstić information content (AvgIpc) is 2.48. The van der Waals surface area contributed by atoms with Gasteiger partial charge in [0.25, 0.3) is 0 Å². The second-order valence-electron chi connectivity index (χ2n) is 4.36. The number of fused-ring (bicyclic) bond motifs is 1. The van der Waals surface area contributed by atoms with Gasteiger partial charge in [-0.05, 0) is 12.1 Å². The van der Waals surface area contributed by atoms with Crippen LogP contribution in [0.25, 0.3) is 22.2 Å². The molecule has 0 radical (unpaired) electrons. The van der Waals surface area contributed by atoms with E-state index < -0.39 is 0 Å². The van der Waals surface area contributed by atoms with Crippen LogP contribution in [0.3, 0.4) is 0 Å². The van der Waals surface area contributed by atoms with E-state index in [2.05, 4.69) is 15.9 Å². The number of nitrogens with zero attached hydrogens (tertiary/aromatic N) is 1. The molecule has 0 N–H and O–H groups in total. The number of hydrogen-bond donors (Lipinski definition) is 0. The second-order valence-corrected chi connectivity index (χ2v) is 5.65. The fraction of sp³-hybridized carbons (Fsp3) is 0.0625. The van der Waals surface area contributed by atoms with Crippen LogP contribution in [-0.4, -0.2) is 12.1 Å². The summed E-state index contributed by atoms with van der Waals surface area (Å²) < 4.78 is 6.33. The van der Waals surface area contributed by atoms with Crippen molar-refractivity contribution in [1.82, 2.24) is 4.98 Å². The van der Waals surface area contributed by atoms with Crippen molar-refractivity contribution in [2.24, 2.45) is 0 Å². The molecular formula is C16H11BrClNO. The van der Waals surface area contributed by atoms with Gasteiger partial charge in [0.05, 0.1) is 12.8 Å². The molecular weight excluding hydrogens is 338 g/mol. The molecule has 0 saturated heterocycles. The molecule has 2 nitrogen and oxygen atoms in total. The summed E-state index contributed by atoms with van der Waals surface area (Å²) in [6, 6.07) is 15.7. The minimum atomic E-state index is 0.629. The summed E-state index contributed by atoms with van der Waals surface area (Å²) in [5.74, 6) is 0.672. The van der Waals surface area contributed by atoms with Gasteiger partial charge in [-0.1, -0.05) is 57.9 Å². The van der Waals surface area contributed by atoms with E-state index in [9.17, 15) is 0 Å². The Hall–Kier alpha value is -1.58. The molecule has 0 aliphatic heterocycles. The Bertz CT molecular complexity index is 774. The molecule has 20 heavy (non-hydrogen) atoms. The first-order valence-electron chi connectivity index (χ1n) is 6.08. The number of rotatable bonds is 2. The first-order chi connectivity index (χ1) is 9.69. The lowest BCUT2D eigenvalue weighted by molar-refractivity contribution is 0.419. The van der Waals surface area contributed by atoms with E-state index in [1.165, 1.54) is 0 Å². The molecule has 2 aromatic carbocycles. The number of methoxy groups -OCH3 is 1. The number of aromatic nitrogens is 1. The number of benzene rings is 2. The molecule has 0 spiro atoms. The van der Waals surface area contributed by atoms with E-state index in [0.29, 0.717) is 10.8 Å². The van der Waals surface area contributed by atoms with Gasteiger partial charge in [-0.25, -0.2) is 4.98 Å². The van der Waals surface area contributed by atoms with E-state index in [1.54, 1.807) is 13.2 Å². The van der Waals surface area contributed by atoms with Crippen LogP contribution >= 0.6 is 27.5 Å². The van der Waals surface area contributed by atoms with Gasteiger partial charge in [-0.15, -0.1) is 0 Å². The maximum Gasteiger partial charge on any atom is 0.146 e. The van der Waals surface area contributed by atoms with Crippen molar-refractivity contribution in [3.05, 3.63) is 58.0 Å². The maximum absolute atomic E-state index is 6.10. The van der Waals surface area contributed by atoms with E-state index in [-0.39, 0.29) is 0 Å². The van der Waals surface area contributed by atoms with Crippen molar-refractivity contribution in [1.29, 1.82) is 0 Å². The van der Waals surface area contributed by atoms with Gasteiger partial charge in [0, 0.05) is 26.5 Å². The molecule has 0 bridgehead atoms. The highest BCUT2D eigenvalue weighted by atomic mass is 79.9. The first kappa shape index (κ1) is 13.4. The fourth-order valence-electron chi connectivity index (χ4n) is 2.13. The standard InChI is InChI=1S/C16H11BrClNO/c1-20-15-8-11(18)7-12-13(17)9-14(19-16(12)15)10-5-3-2-4-6-10/h2-9H,1H3. The van der Waals surface area contributed by atoms with Crippen LogP contribution < -0.4 is 4.74 Å². The van der Waals surface area contributed by atoms with Crippen molar-refractivity contribution >= 4 is 38.4 Å². The zero-order valence-electron chi connectivity index (χ0n) is 10.7. The van der Waals surface area contributed by atoms with E-state index in [1.807, 2.05) is 42.5 Å². The highest BCUT2D eigenvalue weighted by Gasteiger charge is 2.11. The number of halogens is 2. The summed E-state index contributed by atoms with van der Waals surface area (Å²) in [6.07, 6.45) is 0. The van der Waals surface area contributed by atoms with Gasteiger partial charge in [-0.3, -0.25) is 0 Å². The topological polar surface area (TPSA) is 22.1 Å². The predicted octanol–water partition coefficient (Wildman–Crippen LogP) is 5.33. The molecule has 3 rings (SSSR count). The van der Waals surface area contributed by atoms with Crippen LogP contribution in [0.15, 0.2) is 53.0 Å². The zero-order valence-corrected chi connectivity index (χ0v) is 13.1. The summed E-state index contributed by atoms with van der Waals surface area (Å²) >= 11 is 9.69. The summed E-state index contributed by atoms with van der Waals surface area (Å²) in [7, 11) is 1.62. The lowest BCUT2D eigenvalue weighted by Gasteiger charge is -2.10. The molecule has 1 aromatic heterocycles. The van der Waals surface area contributed by atoms with Crippen molar-refractivity contribution in [3.63, 3.8) is 0 Å². The van der Waals surface area contributed by atoms with Gasteiger partial charge >= 0.3 is 0 Å². The lowest BCUT2D eigenvalue weighted by Crippen LogP contribution is -1.91. The Labute approximate surface area is 130 Å². The number of ether oxygens (including phenoxy) is 1. The first-order valence-corrected chi connectivity index (χ1v) is 7.25.